The zero-order valence-electron chi connectivity index (χ0n) is 8.99. The van der Waals surface area contributed by atoms with E-state index < -0.39 is 0 Å². The minimum absolute atomic E-state index is 0.0895. The smallest absolute Gasteiger partial charge is 0.115 e. The lowest BCUT2D eigenvalue weighted by molar-refractivity contribution is 0.00774. The van der Waals surface area contributed by atoms with E-state index in [2.05, 4.69) is 5.32 Å². The Labute approximate surface area is 90.1 Å². The Morgan fingerprint density at radius 3 is 3.00 bits per heavy atom. The summed E-state index contributed by atoms with van der Waals surface area (Å²) in [7, 11) is 1.76. The molecule has 2 rings (SSSR count). The molecular formula is C12H17NO2. The van der Waals surface area contributed by atoms with Gasteiger partial charge < -0.3 is 15.2 Å². The molecule has 2 N–H and O–H groups in total. The fourth-order valence-electron chi connectivity index (χ4n) is 2.16. The van der Waals surface area contributed by atoms with E-state index in [4.69, 9.17) is 4.74 Å². The second kappa shape index (κ2) is 4.21. The lowest BCUT2D eigenvalue weighted by Crippen LogP contribution is -2.36. The molecular weight excluding hydrogens is 190 g/mol. The highest BCUT2D eigenvalue weighted by atomic mass is 16.5. The molecule has 1 aromatic carbocycles. The molecule has 1 fully saturated rings. The number of rotatable bonds is 3. The van der Waals surface area contributed by atoms with Crippen molar-refractivity contribution in [2.45, 2.75) is 18.4 Å². The average molecular weight is 207 g/mol. The number of phenols is 1. The van der Waals surface area contributed by atoms with Crippen LogP contribution in [0.4, 0.5) is 0 Å². The van der Waals surface area contributed by atoms with Crippen molar-refractivity contribution in [3.8, 4) is 5.75 Å². The summed E-state index contributed by atoms with van der Waals surface area (Å²) in [6, 6.07) is 7.39. The molecule has 1 aromatic rings. The van der Waals surface area contributed by atoms with Gasteiger partial charge in [-0.05, 0) is 30.7 Å². The van der Waals surface area contributed by atoms with E-state index >= 15 is 0 Å². The van der Waals surface area contributed by atoms with Crippen LogP contribution in [0.5, 0.6) is 5.75 Å². The predicted molar refractivity (Wildman–Crippen MR) is 59.0 cm³/mol. The van der Waals surface area contributed by atoms with Crippen LogP contribution in [0.1, 0.15) is 12.0 Å². The van der Waals surface area contributed by atoms with Crippen LogP contribution in [0.3, 0.4) is 0 Å². The molecule has 1 saturated heterocycles. The normalized spacial score (nSPS) is 25.7. The van der Waals surface area contributed by atoms with Crippen molar-refractivity contribution in [1.29, 1.82) is 0 Å². The first-order valence-corrected chi connectivity index (χ1v) is 5.28. The van der Waals surface area contributed by atoms with E-state index in [9.17, 15) is 5.11 Å². The molecule has 0 amide bonds. The first-order valence-electron chi connectivity index (χ1n) is 5.28. The average Bonchev–Trinajstić information content (AvgIpc) is 2.67. The molecule has 3 heteroatoms. The molecule has 3 nitrogen and oxygen atoms in total. The lowest BCUT2D eigenvalue weighted by atomic mass is 9.93. The van der Waals surface area contributed by atoms with Gasteiger partial charge >= 0.3 is 0 Å². The van der Waals surface area contributed by atoms with Crippen LogP contribution in [0.15, 0.2) is 24.3 Å². The third kappa shape index (κ3) is 2.30. The number of benzene rings is 1. The zero-order chi connectivity index (χ0) is 10.7. The van der Waals surface area contributed by atoms with Crippen LogP contribution in [0.2, 0.25) is 0 Å². The van der Waals surface area contributed by atoms with Gasteiger partial charge in [-0.15, -0.1) is 0 Å². The van der Waals surface area contributed by atoms with Crippen LogP contribution < -0.4 is 5.32 Å². The Morgan fingerprint density at radius 1 is 1.53 bits per heavy atom. The highest BCUT2D eigenvalue weighted by Crippen LogP contribution is 2.25. The molecule has 0 saturated carbocycles. The van der Waals surface area contributed by atoms with Gasteiger partial charge in [-0.25, -0.2) is 0 Å². The quantitative estimate of drug-likeness (QED) is 0.785. The second-order valence-electron chi connectivity index (χ2n) is 4.16. The van der Waals surface area contributed by atoms with E-state index in [1.807, 2.05) is 12.1 Å². The van der Waals surface area contributed by atoms with Gasteiger partial charge in [-0.1, -0.05) is 12.1 Å². The van der Waals surface area contributed by atoms with Gasteiger partial charge in [0.2, 0.25) is 0 Å². The SMILES string of the molecule is COC1(Cc2cccc(O)c2)CCNC1. The Hall–Kier alpha value is -1.06. The molecule has 1 unspecified atom stereocenters. The summed E-state index contributed by atoms with van der Waals surface area (Å²) < 4.78 is 5.60. The summed E-state index contributed by atoms with van der Waals surface area (Å²) >= 11 is 0. The number of hydrogen-bond donors (Lipinski definition) is 2. The molecule has 82 valence electrons. The Balaban J connectivity index is 2.12. The summed E-state index contributed by atoms with van der Waals surface area (Å²) in [5.41, 5.74) is 1.04. The fourth-order valence-corrected chi connectivity index (χ4v) is 2.16. The Morgan fingerprint density at radius 2 is 2.40 bits per heavy atom. The number of phenolic OH excluding ortho intramolecular Hbond substituents is 1. The minimum Gasteiger partial charge on any atom is -0.508 e. The number of ether oxygens (including phenoxy) is 1. The molecule has 0 bridgehead atoms. The van der Waals surface area contributed by atoms with Crippen molar-refractivity contribution >= 4 is 0 Å². The van der Waals surface area contributed by atoms with Crippen LogP contribution >= 0.6 is 0 Å². The largest absolute Gasteiger partial charge is 0.508 e. The molecule has 0 spiro atoms. The minimum atomic E-state index is -0.0895. The van der Waals surface area contributed by atoms with Crippen LogP contribution in [0.25, 0.3) is 0 Å². The summed E-state index contributed by atoms with van der Waals surface area (Å²) in [4.78, 5) is 0. The molecule has 1 heterocycles. The summed E-state index contributed by atoms with van der Waals surface area (Å²) in [5.74, 6) is 0.324. The van der Waals surface area contributed by atoms with Crippen molar-refractivity contribution in [2.75, 3.05) is 20.2 Å². The first kappa shape index (κ1) is 10.5. The predicted octanol–water partition coefficient (Wildman–Crippen LogP) is 1.31. The number of hydrogen-bond acceptors (Lipinski definition) is 3. The molecule has 0 aromatic heterocycles. The van der Waals surface area contributed by atoms with Crippen LogP contribution in [-0.2, 0) is 11.2 Å². The molecule has 0 aliphatic carbocycles. The number of aromatic hydroxyl groups is 1. The van der Waals surface area contributed by atoms with Crippen molar-refractivity contribution < 1.29 is 9.84 Å². The van der Waals surface area contributed by atoms with Gasteiger partial charge in [0.1, 0.15) is 5.75 Å². The molecule has 0 radical (unpaired) electrons. The van der Waals surface area contributed by atoms with Gasteiger partial charge in [0, 0.05) is 20.1 Å². The van der Waals surface area contributed by atoms with Gasteiger partial charge in [-0.2, -0.15) is 0 Å². The standard InChI is InChI=1S/C12H17NO2/c1-15-12(5-6-13-9-12)8-10-3-2-4-11(14)7-10/h2-4,7,13-14H,5-6,8-9H2,1H3. The molecule has 1 aliphatic rings. The Kier molecular flexibility index (Phi) is 2.93. The van der Waals surface area contributed by atoms with Crippen molar-refractivity contribution in [3.63, 3.8) is 0 Å². The Bertz CT molecular complexity index is 332. The van der Waals surface area contributed by atoms with Gasteiger partial charge in [0.25, 0.3) is 0 Å². The maximum absolute atomic E-state index is 9.39. The maximum Gasteiger partial charge on any atom is 0.115 e. The first-order chi connectivity index (χ1) is 7.24. The fraction of sp³-hybridized carbons (Fsp3) is 0.500. The topological polar surface area (TPSA) is 41.5 Å². The molecule has 1 aliphatic heterocycles. The summed E-state index contributed by atoms with van der Waals surface area (Å²) in [6.45, 7) is 1.89. The van der Waals surface area contributed by atoms with Gasteiger partial charge in [0.15, 0.2) is 0 Å². The van der Waals surface area contributed by atoms with Gasteiger partial charge in [-0.3, -0.25) is 0 Å². The highest BCUT2D eigenvalue weighted by molar-refractivity contribution is 5.28. The van der Waals surface area contributed by atoms with Crippen LogP contribution in [0, 0.1) is 0 Å². The van der Waals surface area contributed by atoms with E-state index in [1.165, 1.54) is 0 Å². The van der Waals surface area contributed by atoms with E-state index in [0.717, 1.165) is 31.5 Å². The summed E-state index contributed by atoms with van der Waals surface area (Å²) in [5, 5.41) is 12.7. The van der Waals surface area contributed by atoms with E-state index in [0.29, 0.717) is 5.75 Å². The number of nitrogens with one attached hydrogen (secondary N) is 1. The van der Waals surface area contributed by atoms with Crippen molar-refractivity contribution in [1.82, 2.24) is 5.32 Å². The molecule has 1 atom stereocenters. The molecule has 15 heavy (non-hydrogen) atoms. The maximum atomic E-state index is 9.39. The van der Waals surface area contributed by atoms with E-state index in [-0.39, 0.29) is 5.60 Å². The van der Waals surface area contributed by atoms with E-state index in [1.54, 1.807) is 19.2 Å². The van der Waals surface area contributed by atoms with Crippen molar-refractivity contribution in [2.24, 2.45) is 0 Å². The zero-order valence-corrected chi connectivity index (χ0v) is 8.99. The monoisotopic (exact) mass is 207 g/mol. The second-order valence-corrected chi connectivity index (χ2v) is 4.16. The third-order valence-electron chi connectivity index (χ3n) is 3.07. The van der Waals surface area contributed by atoms with Crippen LogP contribution in [-0.4, -0.2) is 30.9 Å². The summed E-state index contributed by atoms with van der Waals surface area (Å²) in [6.07, 6.45) is 1.88. The lowest BCUT2D eigenvalue weighted by Gasteiger charge is -2.26. The van der Waals surface area contributed by atoms with Gasteiger partial charge in [0.05, 0.1) is 5.60 Å². The highest BCUT2D eigenvalue weighted by Gasteiger charge is 2.33. The third-order valence-corrected chi connectivity index (χ3v) is 3.07. The van der Waals surface area contributed by atoms with Crippen molar-refractivity contribution in [3.05, 3.63) is 29.8 Å². The number of methoxy groups -OCH3 is 1.